The van der Waals surface area contributed by atoms with Crippen LogP contribution >= 0.6 is 0 Å². The third kappa shape index (κ3) is 3.50. The van der Waals surface area contributed by atoms with Crippen molar-refractivity contribution < 1.29 is 13.2 Å². The second-order valence-corrected chi connectivity index (χ2v) is 8.19. The third-order valence-electron chi connectivity index (χ3n) is 4.71. The Hall–Kier alpha value is -2.93. The Labute approximate surface area is 157 Å². The van der Waals surface area contributed by atoms with E-state index in [0.717, 1.165) is 31.3 Å². The summed E-state index contributed by atoms with van der Waals surface area (Å²) in [6, 6.07) is 13.3. The van der Waals surface area contributed by atoms with Crippen molar-refractivity contribution in [1.82, 2.24) is 9.88 Å². The number of fused-ring (bicyclic) bond motifs is 1. The van der Waals surface area contributed by atoms with Crippen LogP contribution in [0, 0.1) is 0 Å². The molecule has 0 saturated carbocycles. The van der Waals surface area contributed by atoms with Crippen LogP contribution in [0.25, 0.3) is 10.8 Å². The zero-order valence-electron chi connectivity index (χ0n) is 14.6. The first kappa shape index (κ1) is 17.5. The summed E-state index contributed by atoms with van der Waals surface area (Å²) in [4.78, 5) is 18.4. The van der Waals surface area contributed by atoms with Crippen molar-refractivity contribution in [3.63, 3.8) is 0 Å². The summed E-state index contributed by atoms with van der Waals surface area (Å²) < 4.78 is 28.3. The molecule has 0 aliphatic carbocycles. The minimum Gasteiger partial charge on any atom is -0.339 e. The second-order valence-electron chi connectivity index (χ2n) is 6.54. The number of pyridine rings is 1. The largest absolute Gasteiger partial charge is 0.339 e. The molecule has 0 bridgehead atoms. The maximum absolute atomic E-state index is 12.8. The molecule has 0 unspecified atom stereocenters. The van der Waals surface area contributed by atoms with Crippen LogP contribution in [0.1, 0.15) is 23.2 Å². The van der Waals surface area contributed by atoms with Crippen molar-refractivity contribution in [3.8, 4) is 0 Å². The summed E-state index contributed by atoms with van der Waals surface area (Å²) in [6.07, 6.45) is 5.27. The van der Waals surface area contributed by atoms with Gasteiger partial charge in [0.2, 0.25) is 0 Å². The normalized spacial score (nSPS) is 14.4. The summed E-state index contributed by atoms with van der Waals surface area (Å²) in [5, 5.41) is 1.37. The Kier molecular flexibility index (Phi) is 4.53. The fraction of sp³-hybridized carbons (Fsp3) is 0.200. The molecule has 6 nitrogen and oxygen atoms in total. The maximum atomic E-state index is 12.8. The van der Waals surface area contributed by atoms with E-state index in [4.69, 9.17) is 0 Å². The first-order valence-corrected chi connectivity index (χ1v) is 10.3. The van der Waals surface area contributed by atoms with E-state index in [0.29, 0.717) is 16.6 Å². The van der Waals surface area contributed by atoms with Crippen LogP contribution in [-0.4, -0.2) is 37.3 Å². The quantitative estimate of drug-likeness (QED) is 0.752. The first-order valence-electron chi connectivity index (χ1n) is 8.79. The molecule has 1 saturated heterocycles. The smallest absolute Gasteiger partial charge is 0.262 e. The highest BCUT2D eigenvalue weighted by molar-refractivity contribution is 7.93. The number of benzene rings is 2. The molecule has 4 rings (SSSR count). The molecular weight excluding hydrogens is 362 g/mol. The van der Waals surface area contributed by atoms with Crippen LogP contribution in [0.3, 0.4) is 0 Å². The number of hydrogen-bond acceptors (Lipinski definition) is 4. The van der Waals surface area contributed by atoms with Crippen molar-refractivity contribution in [3.05, 3.63) is 66.5 Å². The van der Waals surface area contributed by atoms with Crippen LogP contribution in [0.5, 0.6) is 0 Å². The summed E-state index contributed by atoms with van der Waals surface area (Å²) >= 11 is 0. The molecule has 138 valence electrons. The van der Waals surface area contributed by atoms with E-state index in [2.05, 4.69) is 9.71 Å². The van der Waals surface area contributed by atoms with E-state index in [1.54, 1.807) is 54.9 Å². The SMILES string of the molecule is O=C(c1ccc(NS(=O)(=O)c2cccc3cnccc23)cc1)N1CCCC1. The highest BCUT2D eigenvalue weighted by atomic mass is 32.2. The van der Waals surface area contributed by atoms with E-state index < -0.39 is 10.0 Å². The fourth-order valence-corrected chi connectivity index (χ4v) is 4.61. The van der Waals surface area contributed by atoms with Gasteiger partial charge in [-0.3, -0.25) is 14.5 Å². The second kappa shape index (κ2) is 7.00. The highest BCUT2D eigenvalue weighted by Gasteiger charge is 2.20. The van der Waals surface area contributed by atoms with Gasteiger partial charge in [-0.2, -0.15) is 0 Å². The standard InChI is InChI=1S/C20H19N3O3S/c24-20(23-12-1-2-13-23)15-6-8-17(9-7-15)22-27(25,26)19-5-3-4-16-14-21-11-10-18(16)19/h3-11,14,22H,1-2,12-13H2. The van der Waals surface area contributed by atoms with Gasteiger partial charge in [0.25, 0.3) is 15.9 Å². The molecule has 0 spiro atoms. The molecule has 27 heavy (non-hydrogen) atoms. The van der Waals surface area contributed by atoms with Crippen molar-refractivity contribution in [1.29, 1.82) is 0 Å². The first-order chi connectivity index (χ1) is 13.0. The number of amides is 1. The number of carbonyl (C=O) groups excluding carboxylic acids is 1. The van der Waals surface area contributed by atoms with Crippen LogP contribution in [-0.2, 0) is 10.0 Å². The summed E-state index contributed by atoms with van der Waals surface area (Å²) in [5.74, 6) is -0.0107. The minimum absolute atomic E-state index is 0.0107. The van der Waals surface area contributed by atoms with Crippen molar-refractivity contribution in [2.45, 2.75) is 17.7 Å². The van der Waals surface area contributed by atoms with Gasteiger partial charge in [0.05, 0.1) is 4.90 Å². The number of rotatable bonds is 4. The predicted molar refractivity (Wildman–Crippen MR) is 104 cm³/mol. The Morgan fingerprint density at radius 1 is 1.00 bits per heavy atom. The predicted octanol–water partition coefficient (Wildman–Crippen LogP) is 3.27. The number of anilines is 1. The molecule has 1 amide bonds. The van der Waals surface area contributed by atoms with Gasteiger partial charge >= 0.3 is 0 Å². The van der Waals surface area contributed by atoms with Crippen LogP contribution < -0.4 is 4.72 Å². The lowest BCUT2D eigenvalue weighted by atomic mass is 10.2. The number of sulfonamides is 1. The van der Waals surface area contributed by atoms with Gasteiger partial charge in [0.15, 0.2) is 0 Å². The molecule has 0 atom stereocenters. The lowest BCUT2D eigenvalue weighted by molar-refractivity contribution is 0.0793. The molecule has 1 aromatic heterocycles. The van der Waals surface area contributed by atoms with E-state index in [1.165, 1.54) is 0 Å². The van der Waals surface area contributed by atoms with E-state index in [-0.39, 0.29) is 10.8 Å². The number of likely N-dealkylation sites (tertiary alicyclic amines) is 1. The monoisotopic (exact) mass is 381 g/mol. The molecule has 1 aliphatic heterocycles. The Morgan fingerprint density at radius 2 is 1.74 bits per heavy atom. The van der Waals surface area contributed by atoms with Crippen molar-refractivity contribution in [2.24, 2.45) is 0 Å². The average Bonchev–Trinajstić information content (AvgIpc) is 3.22. The van der Waals surface area contributed by atoms with Gasteiger partial charge in [0, 0.05) is 47.5 Å². The number of aromatic nitrogens is 1. The Morgan fingerprint density at radius 3 is 2.48 bits per heavy atom. The minimum atomic E-state index is -3.76. The van der Waals surface area contributed by atoms with Gasteiger partial charge in [-0.15, -0.1) is 0 Å². The molecule has 2 aromatic carbocycles. The summed E-state index contributed by atoms with van der Waals surface area (Å²) in [5.41, 5.74) is 0.982. The van der Waals surface area contributed by atoms with Crippen LogP contribution in [0.4, 0.5) is 5.69 Å². The number of nitrogens with zero attached hydrogens (tertiary/aromatic N) is 2. The third-order valence-corrected chi connectivity index (χ3v) is 6.15. The summed E-state index contributed by atoms with van der Waals surface area (Å²) in [6.45, 7) is 1.56. The van der Waals surface area contributed by atoms with Crippen molar-refractivity contribution in [2.75, 3.05) is 17.8 Å². The van der Waals surface area contributed by atoms with Gasteiger partial charge < -0.3 is 4.90 Å². The fourth-order valence-electron chi connectivity index (χ4n) is 3.32. The Bertz CT molecular complexity index is 1080. The number of hydrogen-bond donors (Lipinski definition) is 1. The van der Waals surface area contributed by atoms with Gasteiger partial charge in [0.1, 0.15) is 0 Å². The van der Waals surface area contributed by atoms with E-state index in [1.807, 2.05) is 11.0 Å². The summed E-state index contributed by atoms with van der Waals surface area (Å²) in [7, 11) is -3.76. The lowest BCUT2D eigenvalue weighted by Gasteiger charge is -2.15. The molecule has 3 aromatic rings. The Balaban J connectivity index is 1.58. The highest BCUT2D eigenvalue weighted by Crippen LogP contribution is 2.24. The van der Waals surface area contributed by atoms with E-state index in [9.17, 15) is 13.2 Å². The van der Waals surface area contributed by atoms with Crippen molar-refractivity contribution >= 4 is 32.4 Å². The van der Waals surface area contributed by atoms with Crippen LogP contribution in [0.2, 0.25) is 0 Å². The topological polar surface area (TPSA) is 79.4 Å². The lowest BCUT2D eigenvalue weighted by Crippen LogP contribution is -2.27. The van der Waals surface area contributed by atoms with Gasteiger partial charge in [-0.1, -0.05) is 12.1 Å². The maximum Gasteiger partial charge on any atom is 0.262 e. The molecule has 1 N–H and O–H groups in total. The number of carbonyl (C=O) groups is 1. The molecule has 1 fully saturated rings. The molecule has 2 heterocycles. The van der Waals surface area contributed by atoms with Crippen LogP contribution in [0.15, 0.2) is 65.8 Å². The zero-order valence-corrected chi connectivity index (χ0v) is 15.4. The molecular formula is C20H19N3O3S. The average molecular weight is 381 g/mol. The molecule has 1 aliphatic rings. The zero-order chi connectivity index (χ0) is 18.9. The molecule has 0 radical (unpaired) electrons. The van der Waals surface area contributed by atoms with Gasteiger partial charge in [-0.25, -0.2) is 8.42 Å². The molecule has 7 heteroatoms. The van der Waals surface area contributed by atoms with E-state index >= 15 is 0 Å². The van der Waals surface area contributed by atoms with Gasteiger partial charge in [-0.05, 0) is 49.2 Å². The number of nitrogens with one attached hydrogen (secondary N) is 1.